The van der Waals surface area contributed by atoms with Gasteiger partial charge in [-0.1, -0.05) is 13.3 Å². The Morgan fingerprint density at radius 3 is 3.00 bits per heavy atom. The van der Waals surface area contributed by atoms with Crippen molar-refractivity contribution >= 4 is 11.7 Å². The zero-order chi connectivity index (χ0) is 17.5. The van der Waals surface area contributed by atoms with Crippen molar-refractivity contribution in [1.82, 2.24) is 24.2 Å². The van der Waals surface area contributed by atoms with Gasteiger partial charge in [-0.2, -0.15) is 5.10 Å². The van der Waals surface area contributed by atoms with Gasteiger partial charge in [-0.25, -0.2) is 4.98 Å². The number of nitrogens with one attached hydrogen (secondary N) is 1. The van der Waals surface area contributed by atoms with Crippen LogP contribution in [0.2, 0.25) is 0 Å². The highest BCUT2D eigenvalue weighted by molar-refractivity contribution is 5.94. The first-order valence-electron chi connectivity index (χ1n) is 9.30. The van der Waals surface area contributed by atoms with Crippen LogP contribution in [-0.2, 0) is 17.9 Å². The first-order valence-corrected chi connectivity index (χ1v) is 9.30. The maximum Gasteiger partial charge on any atom is 0.242 e. The first kappa shape index (κ1) is 17.7. The Morgan fingerprint density at radius 2 is 2.20 bits per heavy atom. The number of anilines is 1. The van der Waals surface area contributed by atoms with Crippen LogP contribution in [0.5, 0.6) is 0 Å². The molecule has 7 nitrogen and oxygen atoms in total. The summed E-state index contributed by atoms with van der Waals surface area (Å²) in [5.41, 5.74) is 0. The van der Waals surface area contributed by atoms with Gasteiger partial charge in [-0.05, 0) is 38.8 Å². The van der Waals surface area contributed by atoms with E-state index in [1.807, 2.05) is 29.5 Å². The molecular formula is C18H28N6O. The van der Waals surface area contributed by atoms with E-state index < -0.39 is 0 Å². The Hall–Kier alpha value is -2.15. The summed E-state index contributed by atoms with van der Waals surface area (Å²) >= 11 is 0. The van der Waals surface area contributed by atoms with E-state index in [1.54, 1.807) is 6.20 Å². The molecule has 3 heterocycles. The van der Waals surface area contributed by atoms with E-state index in [-0.39, 0.29) is 11.9 Å². The van der Waals surface area contributed by atoms with Crippen molar-refractivity contribution in [3.63, 3.8) is 0 Å². The molecule has 2 aromatic heterocycles. The molecule has 0 radical (unpaired) electrons. The largest absolute Gasteiger partial charge is 0.337 e. The lowest BCUT2D eigenvalue weighted by molar-refractivity contribution is -0.122. The summed E-state index contributed by atoms with van der Waals surface area (Å²) in [5, 5.41) is 7.47. The molecule has 1 aliphatic rings. The molecule has 2 aromatic rings. The van der Waals surface area contributed by atoms with Crippen molar-refractivity contribution in [2.45, 2.75) is 58.2 Å². The van der Waals surface area contributed by atoms with Crippen molar-refractivity contribution in [2.75, 3.05) is 18.4 Å². The molecule has 0 aliphatic carbocycles. The van der Waals surface area contributed by atoms with Gasteiger partial charge in [0.1, 0.15) is 0 Å². The third-order valence-electron chi connectivity index (χ3n) is 4.68. The Morgan fingerprint density at radius 1 is 1.28 bits per heavy atom. The van der Waals surface area contributed by atoms with Crippen LogP contribution >= 0.6 is 0 Å². The van der Waals surface area contributed by atoms with Crippen molar-refractivity contribution in [1.29, 1.82) is 0 Å². The van der Waals surface area contributed by atoms with Gasteiger partial charge in [-0.15, -0.1) is 0 Å². The summed E-state index contributed by atoms with van der Waals surface area (Å²) in [6.07, 6.45) is 12.8. The minimum atomic E-state index is -0.0138. The van der Waals surface area contributed by atoms with Crippen LogP contribution < -0.4 is 5.32 Å². The van der Waals surface area contributed by atoms with Crippen LogP contribution in [0, 0.1) is 0 Å². The second kappa shape index (κ2) is 8.80. The van der Waals surface area contributed by atoms with Crippen LogP contribution in [0.25, 0.3) is 0 Å². The molecule has 1 atom stereocenters. The van der Waals surface area contributed by atoms with Crippen molar-refractivity contribution in [3.8, 4) is 0 Å². The topological polar surface area (TPSA) is 68.0 Å². The van der Waals surface area contributed by atoms with E-state index in [1.165, 1.54) is 6.42 Å². The number of rotatable bonds is 8. The fourth-order valence-corrected chi connectivity index (χ4v) is 3.44. The molecule has 1 unspecified atom stereocenters. The molecule has 1 N–H and O–H groups in total. The molecule has 1 aliphatic heterocycles. The van der Waals surface area contributed by atoms with Gasteiger partial charge in [0, 0.05) is 37.7 Å². The highest BCUT2D eigenvalue weighted by atomic mass is 16.2. The molecular weight excluding hydrogens is 316 g/mol. The molecule has 0 saturated carbocycles. The second-order valence-corrected chi connectivity index (χ2v) is 6.65. The zero-order valence-electron chi connectivity index (χ0n) is 15.0. The average molecular weight is 344 g/mol. The molecule has 25 heavy (non-hydrogen) atoms. The first-order chi connectivity index (χ1) is 12.3. The monoisotopic (exact) mass is 344 g/mol. The van der Waals surface area contributed by atoms with Gasteiger partial charge in [0.2, 0.25) is 5.91 Å². The van der Waals surface area contributed by atoms with Crippen LogP contribution in [0.1, 0.15) is 39.0 Å². The predicted octanol–water partition coefficient (Wildman–Crippen LogP) is 2.37. The highest BCUT2D eigenvalue weighted by Gasteiger charge is 2.28. The minimum Gasteiger partial charge on any atom is -0.337 e. The summed E-state index contributed by atoms with van der Waals surface area (Å²) in [6.45, 7) is 5.90. The molecule has 136 valence electrons. The Labute approximate surface area is 149 Å². The number of hydrogen-bond donors (Lipinski definition) is 1. The van der Waals surface area contributed by atoms with Crippen LogP contribution in [0.15, 0.2) is 31.0 Å². The maximum atomic E-state index is 12.6. The number of aryl methyl sites for hydroxylation is 2. The van der Waals surface area contributed by atoms with Crippen molar-refractivity contribution < 1.29 is 4.79 Å². The predicted molar refractivity (Wildman–Crippen MR) is 97.2 cm³/mol. The van der Waals surface area contributed by atoms with Crippen LogP contribution in [-0.4, -0.2) is 49.3 Å². The molecule has 3 rings (SSSR count). The third kappa shape index (κ3) is 4.92. The van der Waals surface area contributed by atoms with E-state index in [4.69, 9.17) is 0 Å². The van der Waals surface area contributed by atoms with Crippen molar-refractivity contribution in [2.24, 2.45) is 0 Å². The molecule has 7 heteroatoms. The fraction of sp³-hybridized carbons (Fsp3) is 0.611. The van der Waals surface area contributed by atoms with Gasteiger partial charge >= 0.3 is 0 Å². The van der Waals surface area contributed by atoms with Gasteiger partial charge in [-0.3, -0.25) is 14.4 Å². The number of imidazole rings is 1. The van der Waals surface area contributed by atoms with Crippen molar-refractivity contribution in [3.05, 3.63) is 31.0 Å². The summed E-state index contributed by atoms with van der Waals surface area (Å²) in [6, 6.07) is 1.86. The maximum absolute atomic E-state index is 12.6. The van der Waals surface area contributed by atoms with E-state index in [0.29, 0.717) is 5.82 Å². The molecule has 1 saturated heterocycles. The summed E-state index contributed by atoms with van der Waals surface area (Å²) in [5.74, 6) is 0.728. The molecule has 1 fully saturated rings. The standard InChI is InChI=1S/C18H28N6O/c1-2-9-23-11-4-3-6-16(23)18(25)20-17-7-13-24(21-17)12-5-10-22-14-8-19-15-22/h7-8,13-16H,2-6,9-12H2,1H3,(H,20,21,25). The fourth-order valence-electron chi connectivity index (χ4n) is 3.44. The number of amides is 1. The number of carbonyl (C=O) groups is 1. The van der Waals surface area contributed by atoms with Crippen LogP contribution in [0.4, 0.5) is 5.82 Å². The number of piperidine rings is 1. The summed E-state index contributed by atoms with van der Waals surface area (Å²) in [4.78, 5) is 19.0. The average Bonchev–Trinajstić information content (AvgIpc) is 3.28. The van der Waals surface area contributed by atoms with Gasteiger partial charge in [0.15, 0.2) is 5.82 Å². The van der Waals surface area contributed by atoms with Gasteiger partial charge < -0.3 is 9.88 Å². The Bertz CT molecular complexity index is 648. The summed E-state index contributed by atoms with van der Waals surface area (Å²) in [7, 11) is 0. The minimum absolute atomic E-state index is 0.0138. The number of aromatic nitrogens is 4. The molecule has 0 aromatic carbocycles. The lowest BCUT2D eigenvalue weighted by Crippen LogP contribution is -2.47. The zero-order valence-corrected chi connectivity index (χ0v) is 15.0. The van der Waals surface area contributed by atoms with E-state index in [9.17, 15) is 4.79 Å². The number of nitrogens with zero attached hydrogens (tertiary/aromatic N) is 5. The molecule has 0 spiro atoms. The molecule has 0 bridgehead atoms. The number of carbonyl (C=O) groups excluding carboxylic acids is 1. The smallest absolute Gasteiger partial charge is 0.242 e. The van der Waals surface area contributed by atoms with Gasteiger partial charge in [0.05, 0.1) is 12.4 Å². The summed E-state index contributed by atoms with van der Waals surface area (Å²) < 4.78 is 3.94. The third-order valence-corrected chi connectivity index (χ3v) is 4.68. The quantitative estimate of drug-likeness (QED) is 0.798. The number of hydrogen-bond acceptors (Lipinski definition) is 4. The van der Waals surface area contributed by atoms with E-state index in [0.717, 1.165) is 51.9 Å². The Kier molecular flexibility index (Phi) is 6.22. The van der Waals surface area contributed by atoms with Crippen LogP contribution in [0.3, 0.4) is 0 Å². The molecule has 1 amide bonds. The number of likely N-dealkylation sites (tertiary alicyclic amines) is 1. The highest BCUT2D eigenvalue weighted by Crippen LogP contribution is 2.18. The van der Waals surface area contributed by atoms with E-state index in [2.05, 4.69) is 31.8 Å². The SMILES string of the molecule is CCCN1CCCCC1C(=O)Nc1ccn(CCCn2ccnc2)n1. The second-order valence-electron chi connectivity index (χ2n) is 6.65. The normalized spacial score (nSPS) is 18.4. The van der Waals surface area contributed by atoms with E-state index >= 15 is 0 Å². The Balaban J connectivity index is 1.49. The lowest BCUT2D eigenvalue weighted by Gasteiger charge is -2.34. The lowest BCUT2D eigenvalue weighted by atomic mass is 10.0. The van der Waals surface area contributed by atoms with Gasteiger partial charge in [0.25, 0.3) is 0 Å².